The van der Waals surface area contributed by atoms with Crippen molar-refractivity contribution in [3.63, 3.8) is 0 Å². The number of aromatic amines is 1. The molecule has 2 heterocycles. The van der Waals surface area contributed by atoms with E-state index in [1.165, 1.54) is 6.20 Å². The number of fused-ring (bicyclic) bond motifs is 1. The van der Waals surface area contributed by atoms with E-state index in [1.807, 2.05) is 13.0 Å². The second-order valence-electron chi connectivity index (χ2n) is 5.10. The van der Waals surface area contributed by atoms with Gasteiger partial charge in [-0.1, -0.05) is 6.07 Å². The fourth-order valence-corrected chi connectivity index (χ4v) is 2.29. The predicted octanol–water partition coefficient (Wildman–Crippen LogP) is 2.25. The first-order valence-corrected chi connectivity index (χ1v) is 7.08. The maximum Gasteiger partial charge on any atom is 0.262 e. The van der Waals surface area contributed by atoms with E-state index >= 15 is 0 Å². The summed E-state index contributed by atoms with van der Waals surface area (Å²) in [7, 11) is 0. The molecule has 0 bridgehead atoms. The lowest BCUT2D eigenvalue weighted by Gasteiger charge is -2.08. The number of benzene rings is 1. The molecule has 0 radical (unpaired) electrons. The first-order chi connectivity index (χ1) is 11.1. The summed E-state index contributed by atoms with van der Waals surface area (Å²) in [5, 5.41) is 3.68. The second kappa shape index (κ2) is 6.31. The number of nitrogens with zero attached hydrogens (tertiary/aromatic N) is 1. The van der Waals surface area contributed by atoms with Crippen LogP contribution in [0.15, 0.2) is 53.6 Å². The molecule has 0 saturated heterocycles. The molecule has 116 valence electrons. The number of carbonyl (C=O) groups is 1. The van der Waals surface area contributed by atoms with Gasteiger partial charge in [-0.2, -0.15) is 0 Å². The third-order valence-corrected chi connectivity index (χ3v) is 3.34. The van der Waals surface area contributed by atoms with Crippen molar-refractivity contribution in [1.29, 1.82) is 0 Å². The summed E-state index contributed by atoms with van der Waals surface area (Å²) in [6.45, 7) is 1.76. The zero-order chi connectivity index (χ0) is 16.2. The van der Waals surface area contributed by atoms with Gasteiger partial charge in [0.05, 0.1) is 11.7 Å². The molecule has 0 aliphatic heterocycles. The summed E-state index contributed by atoms with van der Waals surface area (Å²) in [5.74, 6) is 0.240. The molecule has 0 unspecified atom stereocenters. The van der Waals surface area contributed by atoms with Crippen molar-refractivity contribution >= 4 is 22.5 Å². The van der Waals surface area contributed by atoms with Crippen LogP contribution in [0, 0.1) is 6.92 Å². The van der Waals surface area contributed by atoms with E-state index in [0.29, 0.717) is 17.0 Å². The van der Waals surface area contributed by atoms with Gasteiger partial charge in [0.1, 0.15) is 5.75 Å². The average Bonchev–Trinajstić information content (AvgIpc) is 2.53. The van der Waals surface area contributed by atoms with Crippen LogP contribution >= 0.6 is 0 Å². The number of amides is 1. The number of nitrogens with one attached hydrogen (secondary N) is 2. The van der Waals surface area contributed by atoms with E-state index in [9.17, 15) is 9.59 Å². The van der Waals surface area contributed by atoms with Gasteiger partial charge in [0.15, 0.2) is 6.61 Å². The van der Waals surface area contributed by atoms with Crippen molar-refractivity contribution < 1.29 is 9.53 Å². The molecular formula is C17H15N3O3. The van der Waals surface area contributed by atoms with Crippen LogP contribution in [0.3, 0.4) is 0 Å². The Bertz CT molecular complexity index is 904. The number of hydrogen-bond donors (Lipinski definition) is 2. The summed E-state index contributed by atoms with van der Waals surface area (Å²) in [6.07, 6.45) is 3.17. The zero-order valence-electron chi connectivity index (χ0n) is 12.5. The van der Waals surface area contributed by atoms with E-state index in [1.54, 1.807) is 36.5 Å². The Morgan fingerprint density at radius 2 is 2.17 bits per heavy atom. The van der Waals surface area contributed by atoms with Crippen molar-refractivity contribution in [3.05, 3.63) is 64.7 Å². The Kier molecular flexibility index (Phi) is 4.05. The maximum absolute atomic E-state index is 11.9. The summed E-state index contributed by atoms with van der Waals surface area (Å²) in [4.78, 5) is 30.1. The van der Waals surface area contributed by atoms with Crippen molar-refractivity contribution in [2.45, 2.75) is 6.92 Å². The van der Waals surface area contributed by atoms with E-state index in [4.69, 9.17) is 4.74 Å². The molecule has 2 aromatic heterocycles. The van der Waals surface area contributed by atoms with Gasteiger partial charge in [0, 0.05) is 23.3 Å². The Labute approximate surface area is 132 Å². The molecule has 0 spiro atoms. The molecule has 3 rings (SSSR count). The fraction of sp³-hybridized carbons (Fsp3) is 0.118. The van der Waals surface area contributed by atoms with Crippen LogP contribution in [0.5, 0.6) is 5.75 Å². The molecule has 1 aromatic carbocycles. The monoisotopic (exact) mass is 309 g/mol. The number of anilines is 1. The van der Waals surface area contributed by atoms with Crippen molar-refractivity contribution in [2.75, 3.05) is 11.9 Å². The third kappa shape index (κ3) is 3.55. The number of ether oxygens (including phenoxy) is 1. The topological polar surface area (TPSA) is 84.1 Å². The molecule has 6 nitrogen and oxygen atoms in total. The van der Waals surface area contributed by atoms with Gasteiger partial charge in [-0.3, -0.25) is 14.6 Å². The molecule has 23 heavy (non-hydrogen) atoms. The predicted molar refractivity (Wildman–Crippen MR) is 87.7 cm³/mol. The van der Waals surface area contributed by atoms with Crippen LogP contribution < -0.4 is 15.6 Å². The molecule has 0 fully saturated rings. The number of aryl methyl sites for hydroxylation is 1. The van der Waals surface area contributed by atoms with Crippen LogP contribution in [0.4, 0.5) is 5.69 Å². The lowest BCUT2D eigenvalue weighted by Crippen LogP contribution is -2.20. The molecule has 0 atom stereocenters. The van der Waals surface area contributed by atoms with Gasteiger partial charge in [0.25, 0.3) is 5.91 Å². The van der Waals surface area contributed by atoms with Crippen LogP contribution in [0.2, 0.25) is 0 Å². The van der Waals surface area contributed by atoms with Gasteiger partial charge >= 0.3 is 0 Å². The third-order valence-electron chi connectivity index (χ3n) is 3.34. The lowest BCUT2D eigenvalue weighted by molar-refractivity contribution is -0.118. The van der Waals surface area contributed by atoms with Gasteiger partial charge < -0.3 is 15.0 Å². The fourth-order valence-electron chi connectivity index (χ4n) is 2.29. The molecule has 0 saturated carbocycles. The van der Waals surface area contributed by atoms with Crippen molar-refractivity contribution in [3.8, 4) is 5.75 Å². The highest BCUT2D eigenvalue weighted by atomic mass is 16.5. The SMILES string of the molecule is Cc1cc(=O)[nH]c2cc(NC(=O)COc3cccnc3)ccc12. The first kappa shape index (κ1) is 14.8. The van der Waals surface area contributed by atoms with E-state index in [-0.39, 0.29) is 18.1 Å². The molecule has 3 aromatic rings. The van der Waals surface area contributed by atoms with Crippen LogP contribution in [0.1, 0.15) is 5.56 Å². The first-order valence-electron chi connectivity index (χ1n) is 7.08. The van der Waals surface area contributed by atoms with Gasteiger partial charge in [-0.05, 0) is 36.8 Å². The molecule has 1 amide bonds. The molecule has 0 aliphatic rings. The average molecular weight is 309 g/mol. The smallest absolute Gasteiger partial charge is 0.262 e. The Morgan fingerprint density at radius 3 is 2.96 bits per heavy atom. The number of hydrogen-bond acceptors (Lipinski definition) is 4. The van der Waals surface area contributed by atoms with E-state index < -0.39 is 0 Å². The largest absolute Gasteiger partial charge is 0.482 e. The summed E-state index contributed by atoms with van der Waals surface area (Å²) >= 11 is 0. The van der Waals surface area contributed by atoms with Gasteiger partial charge in [-0.25, -0.2) is 0 Å². The Balaban J connectivity index is 1.71. The van der Waals surface area contributed by atoms with Crippen molar-refractivity contribution in [2.24, 2.45) is 0 Å². The highest BCUT2D eigenvalue weighted by Gasteiger charge is 2.06. The minimum atomic E-state index is -0.289. The minimum absolute atomic E-state index is 0.117. The summed E-state index contributed by atoms with van der Waals surface area (Å²) in [5.41, 5.74) is 2.00. The summed E-state index contributed by atoms with van der Waals surface area (Å²) < 4.78 is 5.33. The highest BCUT2D eigenvalue weighted by Crippen LogP contribution is 2.19. The lowest BCUT2D eigenvalue weighted by atomic mass is 10.1. The molecule has 0 aliphatic carbocycles. The van der Waals surface area contributed by atoms with Crippen molar-refractivity contribution in [1.82, 2.24) is 9.97 Å². The number of carbonyl (C=O) groups excluding carboxylic acids is 1. The maximum atomic E-state index is 11.9. The van der Waals surface area contributed by atoms with Gasteiger partial charge in [-0.15, -0.1) is 0 Å². The second-order valence-corrected chi connectivity index (χ2v) is 5.10. The van der Waals surface area contributed by atoms with Crippen LogP contribution in [-0.2, 0) is 4.79 Å². The van der Waals surface area contributed by atoms with E-state index in [2.05, 4.69) is 15.3 Å². The number of aromatic nitrogens is 2. The zero-order valence-corrected chi connectivity index (χ0v) is 12.5. The standard InChI is InChI=1S/C17H15N3O3/c1-11-7-16(21)20-15-8-12(4-5-14(11)15)19-17(22)10-23-13-3-2-6-18-9-13/h2-9H,10H2,1H3,(H,19,22)(H,20,21). The quantitative estimate of drug-likeness (QED) is 0.774. The van der Waals surface area contributed by atoms with Gasteiger partial charge in [0.2, 0.25) is 5.56 Å². The number of pyridine rings is 2. The Hall–Kier alpha value is -3.15. The molecular weight excluding hydrogens is 294 g/mol. The van der Waals surface area contributed by atoms with E-state index in [0.717, 1.165) is 10.9 Å². The van der Waals surface area contributed by atoms with Crippen LogP contribution in [-0.4, -0.2) is 22.5 Å². The normalized spacial score (nSPS) is 10.5. The molecule has 2 N–H and O–H groups in total. The molecule has 6 heteroatoms. The Morgan fingerprint density at radius 1 is 1.30 bits per heavy atom. The summed E-state index contributed by atoms with van der Waals surface area (Å²) in [6, 6.07) is 10.4. The minimum Gasteiger partial charge on any atom is -0.482 e. The van der Waals surface area contributed by atoms with Crippen LogP contribution in [0.25, 0.3) is 10.9 Å². The number of rotatable bonds is 4. The number of H-pyrrole nitrogens is 1. The highest BCUT2D eigenvalue weighted by molar-refractivity contribution is 5.94.